The molecule has 0 bridgehead atoms. The minimum absolute atomic E-state index is 0.104. The third-order valence-corrected chi connectivity index (χ3v) is 17.4. The van der Waals surface area contributed by atoms with Crippen LogP contribution in [-0.2, 0) is 65.4 Å². The maximum absolute atomic E-state index is 13.0. The molecule has 2 unspecified atom stereocenters. The summed E-state index contributed by atoms with van der Waals surface area (Å²) < 4.78 is 68.1. The van der Waals surface area contributed by atoms with E-state index in [2.05, 4.69) is 41.5 Å². The van der Waals surface area contributed by atoms with Crippen LogP contribution in [0.25, 0.3) is 0 Å². The van der Waals surface area contributed by atoms with Gasteiger partial charge in [-0.05, 0) is 37.5 Å². The Kier molecular flexibility index (Phi) is 58.0. The van der Waals surface area contributed by atoms with Crippen LogP contribution in [0, 0.1) is 11.8 Å². The maximum atomic E-state index is 13.0. The fourth-order valence-electron chi connectivity index (χ4n) is 10.1. The van der Waals surface area contributed by atoms with Crippen molar-refractivity contribution in [3.63, 3.8) is 0 Å². The second kappa shape index (κ2) is 59.4. The van der Waals surface area contributed by atoms with Gasteiger partial charge in [-0.2, -0.15) is 0 Å². The highest BCUT2D eigenvalue weighted by Gasteiger charge is 2.30. The predicted octanol–water partition coefficient (Wildman–Crippen LogP) is 18.8. The number of aliphatic hydroxyl groups is 1. The van der Waals surface area contributed by atoms with Gasteiger partial charge in [0.05, 0.1) is 26.4 Å². The van der Waals surface area contributed by atoms with Crippen molar-refractivity contribution in [1.82, 2.24) is 0 Å². The van der Waals surface area contributed by atoms with E-state index in [4.69, 9.17) is 37.0 Å². The van der Waals surface area contributed by atoms with Gasteiger partial charge < -0.3 is 33.8 Å². The number of carbonyl (C=O) groups is 4. The average Bonchev–Trinajstić information content (AvgIpc) is 3.47. The summed E-state index contributed by atoms with van der Waals surface area (Å²) in [6.07, 6.45) is 43.2. The van der Waals surface area contributed by atoms with Crippen molar-refractivity contribution in [2.24, 2.45) is 11.8 Å². The summed E-state index contributed by atoms with van der Waals surface area (Å²) in [6.45, 7) is 9.45. The van der Waals surface area contributed by atoms with Crippen LogP contribution in [0.15, 0.2) is 0 Å². The fraction of sp³-hybridized carbons (Fsp3) is 0.940. The van der Waals surface area contributed by atoms with E-state index < -0.39 is 97.5 Å². The summed E-state index contributed by atoms with van der Waals surface area (Å²) in [7, 11) is -9.89. The van der Waals surface area contributed by atoms with Gasteiger partial charge in [-0.15, -0.1) is 0 Å². The first kappa shape index (κ1) is 84.1. The van der Waals surface area contributed by atoms with Gasteiger partial charge in [0.15, 0.2) is 12.2 Å². The van der Waals surface area contributed by atoms with Crippen LogP contribution in [-0.4, -0.2) is 96.7 Å². The summed E-state index contributed by atoms with van der Waals surface area (Å²) in [5.41, 5.74) is 0. The van der Waals surface area contributed by atoms with E-state index in [1.165, 1.54) is 141 Å². The first-order chi connectivity index (χ1) is 41.4. The molecule has 0 radical (unpaired) electrons. The molecule has 0 saturated heterocycles. The van der Waals surface area contributed by atoms with Crippen molar-refractivity contribution in [2.75, 3.05) is 39.6 Å². The Balaban J connectivity index is 5.22. The number of unbranched alkanes of at least 4 members (excludes halogenated alkanes) is 36. The number of esters is 4. The zero-order chi connectivity index (χ0) is 63.6. The van der Waals surface area contributed by atoms with E-state index in [9.17, 15) is 43.2 Å². The molecule has 0 rings (SSSR count). The minimum atomic E-state index is -4.95. The quantitative estimate of drug-likeness (QED) is 0.0222. The van der Waals surface area contributed by atoms with Crippen LogP contribution < -0.4 is 0 Å². The number of ether oxygens (including phenoxy) is 4. The number of rotatable bonds is 66. The summed E-state index contributed by atoms with van der Waals surface area (Å²) in [4.78, 5) is 72.3. The van der Waals surface area contributed by atoms with Crippen molar-refractivity contribution >= 4 is 39.5 Å². The molecule has 5 atom stereocenters. The number of hydrogen-bond acceptors (Lipinski definition) is 15. The molecular formula is C67H130O17P2. The standard InChI is InChI=1S/C67H130O17P2/c1-7-9-11-13-15-16-17-18-19-22-25-32-38-44-50-65(70)78-56-63(83-66(71)51-45-39-33-26-23-20-21-24-30-35-41-47-59(3)4)58-82-86(75,76)80-54-61(68)53-79-85(73,74)81-57-62(55-77-64(69)49-43-37-29-14-12-10-8-2)84-67(72)52-46-40-34-28-27-31-36-42-48-60(5)6/h59-63,68H,7-58H2,1-6H3,(H,73,74)(H,75,76)/t61-,62+,63+/m0/s1. The molecule has 0 spiro atoms. The van der Waals surface area contributed by atoms with E-state index in [1.807, 2.05) is 0 Å². The van der Waals surface area contributed by atoms with Crippen LogP contribution in [0.3, 0.4) is 0 Å². The lowest BCUT2D eigenvalue weighted by Crippen LogP contribution is -2.30. The van der Waals surface area contributed by atoms with Crippen molar-refractivity contribution in [2.45, 2.75) is 355 Å². The zero-order valence-electron chi connectivity index (χ0n) is 55.6. The molecule has 0 aliphatic rings. The maximum Gasteiger partial charge on any atom is 0.472 e. The number of phosphoric ester groups is 2. The lowest BCUT2D eigenvalue weighted by molar-refractivity contribution is -0.161. The average molecular weight is 1270 g/mol. The minimum Gasteiger partial charge on any atom is -0.462 e. The van der Waals surface area contributed by atoms with Gasteiger partial charge in [0.2, 0.25) is 0 Å². The lowest BCUT2D eigenvalue weighted by Gasteiger charge is -2.21. The molecule has 0 saturated carbocycles. The Labute approximate surface area is 524 Å². The SMILES string of the molecule is CCCCCCCCCCCCCCCCC(=O)OC[C@H](COP(=O)(O)OC[C@@H](O)COP(=O)(O)OC[C@@H](COC(=O)CCCCCCCCC)OC(=O)CCCCCCCCCCC(C)C)OC(=O)CCCCCCCCCCCCCC(C)C. The molecule has 0 amide bonds. The summed E-state index contributed by atoms with van der Waals surface area (Å²) in [6, 6.07) is 0. The third-order valence-electron chi connectivity index (χ3n) is 15.5. The Morgan fingerprint density at radius 3 is 0.791 bits per heavy atom. The molecule has 0 aliphatic heterocycles. The number of carbonyl (C=O) groups excluding carboxylic acids is 4. The number of hydrogen-bond donors (Lipinski definition) is 3. The van der Waals surface area contributed by atoms with E-state index in [1.54, 1.807) is 0 Å². The molecule has 0 aliphatic carbocycles. The summed E-state index contributed by atoms with van der Waals surface area (Å²) >= 11 is 0. The molecule has 86 heavy (non-hydrogen) atoms. The summed E-state index contributed by atoms with van der Waals surface area (Å²) in [5.74, 6) is -0.649. The highest BCUT2D eigenvalue weighted by Crippen LogP contribution is 2.45. The van der Waals surface area contributed by atoms with E-state index in [-0.39, 0.29) is 25.7 Å². The van der Waals surface area contributed by atoms with Crippen LogP contribution in [0.1, 0.15) is 337 Å². The largest absolute Gasteiger partial charge is 0.472 e. The van der Waals surface area contributed by atoms with Crippen molar-refractivity contribution in [1.29, 1.82) is 0 Å². The molecule has 0 aromatic rings. The topological polar surface area (TPSA) is 237 Å². The highest BCUT2D eigenvalue weighted by molar-refractivity contribution is 7.47. The predicted molar refractivity (Wildman–Crippen MR) is 345 cm³/mol. The molecule has 3 N–H and O–H groups in total. The van der Waals surface area contributed by atoms with Crippen molar-refractivity contribution in [3.05, 3.63) is 0 Å². The van der Waals surface area contributed by atoms with Crippen LogP contribution in [0.2, 0.25) is 0 Å². The lowest BCUT2D eigenvalue weighted by atomic mass is 10.0. The first-order valence-corrected chi connectivity index (χ1v) is 38.0. The summed E-state index contributed by atoms with van der Waals surface area (Å²) in [5, 5.41) is 10.5. The number of aliphatic hydroxyl groups excluding tert-OH is 1. The Morgan fingerprint density at radius 2 is 0.535 bits per heavy atom. The van der Waals surface area contributed by atoms with Gasteiger partial charge in [-0.1, -0.05) is 286 Å². The molecule has 19 heteroatoms. The van der Waals surface area contributed by atoms with Gasteiger partial charge in [-0.3, -0.25) is 37.3 Å². The molecule has 510 valence electrons. The monoisotopic (exact) mass is 1270 g/mol. The smallest absolute Gasteiger partial charge is 0.462 e. The van der Waals surface area contributed by atoms with Gasteiger partial charge in [-0.25, -0.2) is 9.13 Å². The Bertz CT molecular complexity index is 1680. The molecule has 0 aromatic carbocycles. The van der Waals surface area contributed by atoms with E-state index in [0.29, 0.717) is 25.7 Å². The molecular weight excluding hydrogens is 1140 g/mol. The second-order valence-electron chi connectivity index (χ2n) is 25.2. The van der Waals surface area contributed by atoms with Gasteiger partial charge >= 0.3 is 39.5 Å². The van der Waals surface area contributed by atoms with Gasteiger partial charge in [0.1, 0.15) is 19.3 Å². The number of phosphoric acid groups is 2. The second-order valence-corrected chi connectivity index (χ2v) is 28.1. The third kappa shape index (κ3) is 60.9. The molecule has 17 nitrogen and oxygen atoms in total. The van der Waals surface area contributed by atoms with E-state index in [0.717, 1.165) is 115 Å². The van der Waals surface area contributed by atoms with Crippen molar-refractivity contribution in [3.8, 4) is 0 Å². The molecule has 0 aromatic heterocycles. The first-order valence-electron chi connectivity index (χ1n) is 35.0. The van der Waals surface area contributed by atoms with E-state index >= 15 is 0 Å². The van der Waals surface area contributed by atoms with Gasteiger partial charge in [0, 0.05) is 25.7 Å². The van der Waals surface area contributed by atoms with Gasteiger partial charge in [0.25, 0.3) is 0 Å². The van der Waals surface area contributed by atoms with Crippen molar-refractivity contribution < 1.29 is 80.2 Å². The molecule has 0 heterocycles. The van der Waals surface area contributed by atoms with Crippen LogP contribution in [0.4, 0.5) is 0 Å². The Hall–Kier alpha value is -1.94. The normalized spacial score (nSPS) is 14.2. The van der Waals surface area contributed by atoms with Crippen LogP contribution >= 0.6 is 15.6 Å². The molecule has 0 fully saturated rings. The Morgan fingerprint density at radius 1 is 0.314 bits per heavy atom. The van der Waals surface area contributed by atoms with Crippen LogP contribution in [0.5, 0.6) is 0 Å². The fourth-order valence-corrected chi connectivity index (χ4v) is 11.6. The zero-order valence-corrected chi connectivity index (χ0v) is 57.4. The highest BCUT2D eigenvalue weighted by atomic mass is 31.2.